The Morgan fingerprint density at radius 3 is 2.29 bits per heavy atom. The summed E-state index contributed by atoms with van der Waals surface area (Å²) in [5.41, 5.74) is 3.75. The first kappa shape index (κ1) is 27.9. The molecule has 0 saturated carbocycles. The van der Waals surface area contributed by atoms with Crippen LogP contribution in [0.15, 0.2) is 17.5 Å². The third kappa shape index (κ3) is 6.46. The standard InChI is InChI=1S/C28H38N6O3S/c1-17-12-19(13-24(36)37)32-34(17)15-23(35)33-10-8-18(9-11-33)25-29-21(16-38-25)20-14-22(27(2,3)4)31-26(30-20)28(5,6)7/h12,14,16,18H,8-11,13,15H2,1-7H3,(H,36,37). The summed E-state index contributed by atoms with van der Waals surface area (Å²) in [5.74, 6) is 0.195. The van der Waals surface area contributed by atoms with Crippen molar-refractivity contribution in [3.8, 4) is 11.4 Å². The molecule has 0 bridgehead atoms. The average Bonchev–Trinajstić information content (AvgIpc) is 3.44. The molecule has 0 aromatic carbocycles. The van der Waals surface area contributed by atoms with Gasteiger partial charge in [0.25, 0.3) is 0 Å². The minimum atomic E-state index is -0.933. The molecule has 1 N–H and O–H groups in total. The summed E-state index contributed by atoms with van der Waals surface area (Å²) >= 11 is 1.66. The molecule has 9 nitrogen and oxygen atoms in total. The van der Waals surface area contributed by atoms with Crippen LogP contribution >= 0.6 is 11.3 Å². The maximum absolute atomic E-state index is 12.9. The van der Waals surface area contributed by atoms with E-state index in [9.17, 15) is 9.59 Å². The summed E-state index contributed by atoms with van der Waals surface area (Å²) in [5, 5.41) is 16.5. The first-order chi connectivity index (χ1) is 17.7. The first-order valence-corrected chi connectivity index (χ1v) is 14.0. The highest BCUT2D eigenvalue weighted by atomic mass is 32.1. The Morgan fingerprint density at radius 2 is 1.68 bits per heavy atom. The highest BCUT2D eigenvalue weighted by Crippen LogP contribution is 2.34. The molecule has 3 aromatic heterocycles. The molecule has 0 radical (unpaired) electrons. The van der Waals surface area contributed by atoms with Gasteiger partial charge in [0.15, 0.2) is 0 Å². The zero-order valence-electron chi connectivity index (χ0n) is 23.4. The van der Waals surface area contributed by atoms with E-state index in [-0.39, 0.29) is 29.7 Å². The van der Waals surface area contributed by atoms with Crippen molar-refractivity contribution in [2.24, 2.45) is 0 Å². The van der Waals surface area contributed by atoms with E-state index in [1.165, 1.54) is 0 Å². The molecule has 0 atom stereocenters. The van der Waals surface area contributed by atoms with Crippen molar-refractivity contribution in [1.82, 2.24) is 29.6 Å². The van der Waals surface area contributed by atoms with Gasteiger partial charge in [-0.2, -0.15) is 5.10 Å². The van der Waals surface area contributed by atoms with Gasteiger partial charge in [0, 0.05) is 40.9 Å². The number of piperidine rings is 1. The number of likely N-dealkylation sites (tertiary alicyclic amines) is 1. The van der Waals surface area contributed by atoms with Gasteiger partial charge in [-0.25, -0.2) is 15.0 Å². The summed E-state index contributed by atoms with van der Waals surface area (Å²) in [7, 11) is 0. The number of carbonyl (C=O) groups excluding carboxylic acids is 1. The molecule has 1 aliphatic rings. The Balaban J connectivity index is 1.43. The van der Waals surface area contributed by atoms with Crippen LogP contribution in [0, 0.1) is 6.92 Å². The van der Waals surface area contributed by atoms with Crippen molar-refractivity contribution in [1.29, 1.82) is 0 Å². The van der Waals surface area contributed by atoms with Gasteiger partial charge in [-0.1, -0.05) is 41.5 Å². The van der Waals surface area contributed by atoms with Gasteiger partial charge in [-0.3, -0.25) is 14.3 Å². The van der Waals surface area contributed by atoms with E-state index in [0.29, 0.717) is 24.7 Å². The SMILES string of the molecule is Cc1cc(CC(=O)O)nn1CC(=O)N1CCC(c2nc(-c3cc(C(C)(C)C)nc(C(C)(C)C)n3)cs2)CC1. The van der Waals surface area contributed by atoms with Crippen LogP contribution in [-0.4, -0.2) is 59.7 Å². The van der Waals surface area contributed by atoms with Crippen molar-refractivity contribution in [3.63, 3.8) is 0 Å². The Bertz CT molecular complexity index is 1290. The molecule has 0 aliphatic carbocycles. The highest BCUT2D eigenvalue weighted by Gasteiger charge is 2.28. The lowest BCUT2D eigenvalue weighted by molar-refractivity contribution is -0.136. The minimum Gasteiger partial charge on any atom is -0.481 e. The van der Waals surface area contributed by atoms with Gasteiger partial charge < -0.3 is 10.0 Å². The molecule has 4 heterocycles. The smallest absolute Gasteiger partial charge is 0.309 e. The number of nitrogens with zero attached hydrogens (tertiary/aromatic N) is 6. The van der Waals surface area contributed by atoms with Gasteiger partial charge in [-0.05, 0) is 31.9 Å². The summed E-state index contributed by atoms with van der Waals surface area (Å²) in [6.07, 6.45) is 1.56. The van der Waals surface area contributed by atoms with Crippen molar-refractivity contribution >= 4 is 23.2 Å². The van der Waals surface area contributed by atoms with Crippen LogP contribution in [-0.2, 0) is 33.4 Å². The van der Waals surface area contributed by atoms with Gasteiger partial charge in [0.05, 0.1) is 34.2 Å². The van der Waals surface area contributed by atoms with Crippen LogP contribution in [0.2, 0.25) is 0 Å². The molecule has 1 fully saturated rings. The molecule has 1 aliphatic heterocycles. The number of thiazole rings is 1. The van der Waals surface area contributed by atoms with Crippen LogP contribution in [0.1, 0.15) is 88.2 Å². The number of carbonyl (C=O) groups is 2. The normalized spacial score (nSPS) is 15.2. The molecule has 1 saturated heterocycles. The molecule has 204 valence electrons. The lowest BCUT2D eigenvalue weighted by Crippen LogP contribution is -2.40. The lowest BCUT2D eigenvalue weighted by Gasteiger charge is -2.31. The van der Waals surface area contributed by atoms with Gasteiger partial charge in [0.2, 0.25) is 5.91 Å². The largest absolute Gasteiger partial charge is 0.481 e. The Kier molecular flexibility index (Phi) is 7.74. The number of carboxylic acids is 1. The Hall–Kier alpha value is -3.14. The highest BCUT2D eigenvalue weighted by molar-refractivity contribution is 7.10. The molecule has 10 heteroatoms. The second kappa shape index (κ2) is 10.6. The number of hydrogen-bond acceptors (Lipinski definition) is 7. The minimum absolute atomic E-state index is 0.00163. The third-order valence-electron chi connectivity index (χ3n) is 6.80. The fourth-order valence-corrected chi connectivity index (χ4v) is 5.46. The van der Waals surface area contributed by atoms with Crippen LogP contribution in [0.3, 0.4) is 0 Å². The van der Waals surface area contributed by atoms with E-state index < -0.39 is 5.97 Å². The Morgan fingerprint density at radius 1 is 1.00 bits per heavy atom. The summed E-state index contributed by atoms with van der Waals surface area (Å²) in [6, 6.07) is 3.79. The van der Waals surface area contributed by atoms with E-state index >= 15 is 0 Å². The number of carboxylic acid groups (broad SMARTS) is 1. The van der Waals surface area contributed by atoms with E-state index in [4.69, 9.17) is 20.1 Å². The number of aromatic nitrogens is 5. The predicted octanol–water partition coefficient (Wildman–Crippen LogP) is 4.73. The van der Waals surface area contributed by atoms with Crippen molar-refractivity contribution in [3.05, 3.63) is 45.4 Å². The van der Waals surface area contributed by atoms with Crippen molar-refractivity contribution in [2.75, 3.05) is 13.1 Å². The van der Waals surface area contributed by atoms with Crippen LogP contribution < -0.4 is 0 Å². The number of hydrogen-bond donors (Lipinski definition) is 1. The van der Waals surface area contributed by atoms with E-state index in [2.05, 4.69) is 58.1 Å². The number of rotatable bonds is 6. The number of amides is 1. The fraction of sp³-hybridized carbons (Fsp3) is 0.571. The molecule has 0 spiro atoms. The Labute approximate surface area is 228 Å². The molecule has 0 unspecified atom stereocenters. The summed E-state index contributed by atoms with van der Waals surface area (Å²) in [6.45, 7) is 16.2. The van der Waals surface area contributed by atoms with Crippen LogP contribution in [0.25, 0.3) is 11.4 Å². The fourth-order valence-electron chi connectivity index (χ4n) is 4.47. The zero-order valence-corrected chi connectivity index (χ0v) is 24.2. The quantitative estimate of drug-likeness (QED) is 0.482. The lowest BCUT2D eigenvalue weighted by atomic mass is 9.89. The summed E-state index contributed by atoms with van der Waals surface area (Å²) < 4.78 is 1.60. The van der Waals surface area contributed by atoms with Gasteiger partial charge in [0.1, 0.15) is 12.4 Å². The molecule has 4 rings (SSSR count). The molecular weight excluding hydrogens is 500 g/mol. The van der Waals surface area contributed by atoms with E-state index in [1.54, 1.807) is 22.1 Å². The number of aliphatic carboxylic acids is 1. The van der Waals surface area contributed by atoms with E-state index in [0.717, 1.165) is 46.4 Å². The first-order valence-electron chi connectivity index (χ1n) is 13.1. The van der Waals surface area contributed by atoms with Gasteiger partial charge in [-0.15, -0.1) is 11.3 Å². The molecular formula is C28H38N6O3S. The summed E-state index contributed by atoms with van der Waals surface area (Å²) in [4.78, 5) is 40.5. The average molecular weight is 539 g/mol. The molecule has 1 amide bonds. The van der Waals surface area contributed by atoms with Crippen molar-refractivity contribution < 1.29 is 14.7 Å². The molecule has 38 heavy (non-hydrogen) atoms. The number of aryl methyl sites for hydroxylation is 1. The van der Waals surface area contributed by atoms with Gasteiger partial charge >= 0.3 is 5.97 Å². The second-order valence-corrected chi connectivity index (χ2v) is 13.1. The predicted molar refractivity (Wildman–Crippen MR) is 147 cm³/mol. The van der Waals surface area contributed by atoms with E-state index in [1.807, 2.05) is 11.8 Å². The third-order valence-corrected chi connectivity index (χ3v) is 7.80. The van der Waals surface area contributed by atoms with Crippen LogP contribution in [0.5, 0.6) is 0 Å². The van der Waals surface area contributed by atoms with Crippen LogP contribution in [0.4, 0.5) is 0 Å². The molecule has 3 aromatic rings. The monoisotopic (exact) mass is 538 g/mol. The topological polar surface area (TPSA) is 114 Å². The maximum Gasteiger partial charge on any atom is 0.309 e. The second-order valence-electron chi connectivity index (χ2n) is 12.2. The zero-order chi connectivity index (χ0) is 27.8. The van der Waals surface area contributed by atoms with Crippen molar-refractivity contribution in [2.45, 2.75) is 91.0 Å². The maximum atomic E-state index is 12.9.